The van der Waals surface area contributed by atoms with Crippen LogP contribution in [0.1, 0.15) is 27.2 Å². The summed E-state index contributed by atoms with van der Waals surface area (Å²) in [4.78, 5) is 23.0. The maximum absolute atomic E-state index is 11.7. The highest BCUT2D eigenvalue weighted by Crippen LogP contribution is 2.16. The number of carbonyl (C=O) groups is 2. The Morgan fingerprint density at radius 2 is 1.94 bits per heavy atom. The van der Waals surface area contributed by atoms with E-state index >= 15 is 0 Å². The predicted octanol–water partition coefficient (Wildman–Crippen LogP) is 1.91. The van der Waals surface area contributed by atoms with E-state index in [0.717, 1.165) is 0 Å². The molecule has 1 rings (SSSR count). The number of esters is 2. The molecule has 0 radical (unpaired) electrons. The van der Waals surface area contributed by atoms with Gasteiger partial charge in [0.1, 0.15) is 11.2 Å². The van der Waals surface area contributed by atoms with Crippen molar-refractivity contribution in [1.29, 1.82) is 0 Å². The molecule has 0 aromatic rings. The average Bonchev–Trinajstić information content (AvgIpc) is 2.26. The molecule has 17 heavy (non-hydrogen) atoms. The molecule has 92 valence electrons. The Labute approximate surface area is 101 Å². The normalized spacial score (nSPS) is 14.8. The summed E-state index contributed by atoms with van der Waals surface area (Å²) in [6.07, 6.45) is 3.72. The van der Waals surface area contributed by atoms with Gasteiger partial charge in [-0.25, -0.2) is 9.59 Å². The lowest BCUT2D eigenvalue weighted by atomic mass is 10.1. The van der Waals surface area contributed by atoms with Crippen molar-refractivity contribution in [3.63, 3.8) is 0 Å². The fourth-order valence-electron chi connectivity index (χ4n) is 1.26. The Hall–Kier alpha value is -1.80. The summed E-state index contributed by atoms with van der Waals surface area (Å²) in [5.74, 6) is -0.967. The number of hydrogen-bond acceptors (Lipinski definition) is 4. The molecule has 0 saturated carbocycles. The van der Waals surface area contributed by atoms with Crippen molar-refractivity contribution in [3.05, 3.63) is 29.0 Å². The van der Waals surface area contributed by atoms with Crippen LogP contribution in [0.3, 0.4) is 0 Å². The molecule has 0 bridgehead atoms. The molecule has 0 amide bonds. The van der Waals surface area contributed by atoms with Gasteiger partial charge in [-0.15, -0.1) is 0 Å². The van der Waals surface area contributed by atoms with E-state index in [9.17, 15) is 9.59 Å². The van der Waals surface area contributed by atoms with Gasteiger partial charge in [-0.2, -0.15) is 0 Å². The summed E-state index contributed by atoms with van der Waals surface area (Å²) in [6, 6.07) is 0. The molecule has 0 aromatic heterocycles. The van der Waals surface area contributed by atoms with Gasteiger partial charge >= 0.3 is 11.9 Å². The molecular weight excluding hydrogens is 220 g/mol. The Balaban J connectivity index is 2.96. The topological polar surface area (TPSA) is 52.6 Å². The van der Waals surface area contributed by atoms with Crippen molar-refractivity contribution < 1.29 is 19.1 Å². The smallest absolute Gasteiger partial charge is 0.346 e. The summed E-state index contributed by atoms with van der Waals surface area (Å²) in [6.45, 7) is 5.34. The lowest BCUT2D eigenvalue weighted by Gasteiger charge is -2.19. The number of hydrogen-bond donors (Lipinski definition) is 0. The highest BCUT2D eigenvalue weighted by atomic mass is 16.6. The number of rotatable bonds is 2. The summed E-state index contributed by atoms with van der Waals surface area (Å²) >= 11 is 0. The summed E-state index contributed by atoms with van der Waals surface area (Å²) < 4.78 is 9.76. The summed E-state index contributed by atoms with van der Waals surface area (Å²) in [5, 5.41) is 0. The molecule has 1 aliphatic carbocycles. The van der Waals surface area contributed by atoms with Crippen LogP contribution in [0, 0.1) is 0 Å². The van der Waals surface area contributed by atoms with Crippen molar-refractivity contribution in [2.45, 2.75) is 32.8 Å². The average molecular weight is 236 g/mol. The van der Waals surface area contributed by atoms with Crippen LogP contribution in [-0.2, 0) is 19.1 Å². The van der Waals surface area contributed by atoms with Gasteiger partial charge in [-0.3, -0.25) is 0 Å². The second-order valence-corrected chi connectivity index (χ2v) is 4.62. The van der Waals surface area contributed by atoms with Gasteiger partial charge < -0.3 is 9.47 Å². The number of carbonyl (C=O) groups excluding carboxylic acids is 2. The van der Waals surface area contributed by atoms with Crippen LogP contribution >= 0.6 is 0 Å². The van der Waals surface area contributed by atoms with Crippen LogP contribution in [-0.4, -0.2) is 24.6 Å². The standard InChI is InChI=1S/C13H16O4/c1-13(2,3)17-12(15)10-7-5-6-9(8-10)11(14)16-4/h5,7H,6H2,1-4H3. The van der Waals surface area contributed by atoms with Crippen LogP contribution in [0.5, 0.6) is 0 Å². The first-order valence-electron chi connectivity index (χ1n) is 5.31. The SMILES string of the molecule is COC(=O)C1=C=C(C(=O)OC(C)(C)C)C=CC1. The Morgan fingerprint density at radius 1 is 1.29 bits per heavy atom. The van der Waals surface area contributed by atoms with Gasteiger partial charge in [0.2, 0.25) is 0 Å². The molecule has 0 spiro atoms. The Morgan fingerprint density at radius 3 is 2.47 bits per heavy atom. The zero-order valence-electron chi connectivity index (χ0n) is 10.5. The Kier molecular flexibility index (Phi) is 3.92. The molecule has 0 saturated heterocycles. The lowest BCUT2D eigenvalue weighted by Crippen LogP contribution is -2.24. The van der Waals surface area contributed by atoms with E-state index in [-0.39, 0.29) is 5.57 Å². The summed E-state index contributed by atoms with van der Waals surface area (Å²) in [5.41, 5.74) is 2.73. The largest absolute Gasteiger partial charge is 0.465 e. The van der Waals surface area contributed by atoms with Gasteiger partial charge in [0.15, 0.2) is 0 Å². The van der Waals surface area contributed by atoms with Crippen molar-refractivity contribution in [2.75, 3.05) is 7.11 Å². The third-order valence-electron chi connectivity index (χ3n) is 1.94. The minimum atomic E-state index is -0.567. The zero-order valence-corrected chi connectivity index (χ0v) is 10.5. The molecule has 0 atom stereocenters. The monoisotopic (exact) mass is 236 g/mol. The molecular formula is C13H16O4. The second-order valence-electron chi connectivity index (χ2n) is 4.62. The van der Waals surface area contributed by atoms with Crippen LogP contribution in [0.4, 0.5) is 0 Å². The highest BCUT2D eigenvalue weighted by Gasteiger charge is 2.20. The quantitative estimate of drug-likeness (QED) is 0.543. The lowest BCUT2D eigenvalue weighted by molar-refractivity contribution is -0.149. The fourth-order valence-corrected chi connectivity index (χ4v) is 1.26. The van der Waals surface area contributed by atoms with E-state index in [1.807, 2.05) is 0 Å². The molecule has 0 aromatic carbocycles. The minimum absolute atomic E-state index is 0.242. The van der Waals surface area contributed by atoms with Crippen LogP contribution < -0.4 is 0 Å². The fraction of sp³-hybridized carbons (Fsp3) is 0.462. The second kappa shape index (κ2) is 5.02. The van der Waals surface area contributed by atoms with Crippen LogP contribution in [0.15, 0.2) is 29.0 Å². The van der Waals surface area contributed by atoms with Gasteiger partial charge in [0.25, 0.3) is 0 Å². The number of ether oxygens (including phenoxy) is 2. The minimum Gasteiger partial charge on any atom is -0.465 e. The van der Waals surface area contributed by atoms with E-state index < -0.39 is 17.5 Å². The highest BCUT2D eigenvalue weighted by molar-refractivity contribution is 5.95. The van der Waals surface area contributed by atoms with Gasteiger partial charge in [0.05, 0.1) is 12.7 Å². The van der Waals surface area contributed by atoms with Crippen LogP contribution in [0.25, 0.3) is 0 Å². The zero-order chi connectivity index (χ0) is 13.1. The molecule has 0 heterocycles. The van der Waals surface area contributed by atoms with Gasteiger partial charge in [-0.1, -0.05) is 11.8 Å². The molecule has 0 fully saturated rings. The van der Waals surface area contributed by atoms with Crippen LogP contribution in [0.2, 0.25) is 0 Å². The molecule has 4 nitrogen and oxygen atoms in total. The Bertz CT molecular complexity index is 429. The number of allylic oxidation sites excluding steroid dienone is 1. The predicted molar refractivity (Wildman–Crippen MR) is 62.2 cm³/mol. The maximum Gasteiger partial charge on any atom is 0.346 e. The van der Waals surface area contributed by atoms with E-state index in [1.165, 1.54) is 7.11 Å². The molecule has 4 heteroatoms. The molecule has 0 N–H and O–H groups in total. The van der Waals surface area contributed by atoms with E-state index in [4.69, 9.17) is 4.74 Å². The van der Waals surface area contributed by atoms with E-state index in [1.54, 1.807) is 32.9 Å². The first-order valence-corrected chi connectivity index (χ1v) is 5.31. The third-order valence-corrected chi connectivity index (χ3v) is 1.94. The van der Waals surface area contributed by atoms with Gasteiger partial charge in [-0.05, 0) is 26.8 Å². The number of methoxy groups -OCH3 is 1. The molecule has 0 aliphatic heterocycles. The van der Waals surface area contributed by atoms with Crippen molar-refractivity contribution >= 4 is 11.9 Å². The first-order chi connectivity index (χ1) is 7.83. The van der Waals surface area contributed by atoms with E-state index in [0.29, 0.717) is 12.0 Å². The van der Waals surface area contributed by atoms with E-state index in [2.05, 4.69) is 10.5 Å². The van der Waals surface area contributed by atoms with Crippen molar-refractivity contribution in [2.24, 2.45) is 0 Å². The first kappa shape index (κ1) is 13.3. The maximum atomic E-state index is 11.7. The van der Waals surface area contributed by atoms with Crippen molar-refractivity contribution in [3.8, 4) is 0 Å². The van der Waals surface area contributed by atoms with Gasteiger partial charge in [0, 0.05) is 6.42 Å². The molecule has 1 aliphatic rings. The van der Waals surface area contributed by atoms with Crippen molar-refractivity contribution in [1.82, 2.24) is 0 Å². The summed E-state index contributed by atoms with van der Waals surface area (Å²) in [7, 11) is 1.29. The third kappa shape index (κ3) is 3.93. The molecule has 0 unspecified atom stereocenters.